The van der Waals surface area contributed by atoms with Crippen LogP contribution in [0.1, 0.15) is 53.7 Å². The van der Waals surface area contributed by atoms with Crippen LogP contribution in [0.15, 0.2) is 36.5 Å². The molecule has 5 heteroatoms. The average Bonchev–Trinajstić information content (AvgIpc) is 3.31. The number of hydrogen-bond acceptors (Lipinski definition) is 3. The molecule has 1 aliphatic heterocycles. The lowest BCUT2D eigenvalue weighted by molar-refractivity contribution is 0.0991. The zero-order chi connectivity index (χ0) is 17.7. The molecule has 2 aromatic heterocycles. The van der Waals surface area contributed by atoms with E-state index in [9.17, 15) is 4.79 Å². The van der Waals surface area contributed by atoms with Gasteiger partial charge in [0.15, 0.2) is 5.65 Å². The molecule has 5 rings (SSSR count). The number of fused-ring (bicyclic) bond motifs is 2. The first-order valence-corrected chi connectivity index (χ1v) is 9.52. The molecule has 26 heavy (non-hydrogen) atoms. The Morgan fingerprint density at radius 1 is 1.27 bits per heavy atom. The van der Waals surface area contributed by atoms with Crippen molar-refractivity contribution in [1.29, 1.82) is 0 Å². The molecule has 0 spiro atoms. The van der Waals surface area contributed by atoms with Gasteiger partial charge in [-0.25, -0.2) is 9.67 Å². The number of carbonyl (C=O) groups is 1. The van der Waals surface area contributed by atoms with E-state index >= 15 is 0 Å². The number of aryl methyl sites for hydroxylation is 1. The third-order valence-electron chi connectivity index (χ3n) is 5.42. The highest BCUT2D eigenvalue weighted by molar-refractivity contribution is 6.14. The van der Waals surface area contributed by atoms with Crippen molar-refractivity contribution in [2.45, 2.75) is 45.1 Å². The van der Waals surface area contributed by atoms with Crippen LogP contribution in [0.25, 0.3) is 11.0 Å². The first-order chi connectivity index (χ1) is 12.8. The van der Waals surface area contributed by atoms with E-state index in [1.165, 1.54) is 18.4 Å². The summed E-state index contributed by atoms with van der Waals surface area (Å²) >= 11 is 0. The van der Waals surface area contributed by atoms with Crippen LogP contribution in [0.5, 0.6) is 0 Å². The highest BCUT2D eigenvalue weighted by atomic mass is 16.2. The van der Waals surface area contributed by atoms with Crippen molar-refractivity contribution in [3.05, 3.63) is 53.3 Å². The monoisotopic (exact) mass is 346 g/mol. The highest BCUT2D eigenvalue weighted by Gasteiger charge is 2.31. The molecule has 1 fully saturated rings. The van der Waals surface area contributed by atoms with E-state index in [1.807, 2.05) is 40.0 Å². The van der Waals surface area contributed by atoms with Crippen molar-refractivity contribution < 1.29 is 4.79 Å². The minimum atomic E-state index is 0.0697. The van der Waals surface area contributed by atoms with Crippen molar-refractivity contribution in [3.63, 3.8) is 0 Å². The van der Waals surface area contributed by atoms with E-state index in [0.717, 1.165) is 53.9 Å². The van der Waals surface area contributed by atoms with Crippen LogP contribution in [0.3, 0.4) is 0 Å². The molecule has 132 valence electrons. The first-order valence-electron chi connectivity index (χ1n) is 9.52. The minimum absolute atomic E-state index is 0.0697. The third kappa shape index (κ3) is 2.42. The minimum Gasteiger partial charge on any atom is -0.308 e. The average molecular weight is 346 g/mol. The summed E-state index contributed by atoms with van der Waals surface area (Å²) in [6.45, 7) is 3.69. The normalized spacial score (nSPS) is 16.3. The van der Waals surface area contributed by atoms with E-state index in [2.05, 4.69) is 18.1 Å². The predicted octanol–water partition coefficient (Wildman–Crippen LogP) is 3.92. The van der Waals surface area contributed by atoms with Crippen LogP contribution in [-0.2, 0) is 13.0 Å². The fourth-order valence-corrected chi connectivity index (χ4v) is 3.90. The maximum Gasteiger partial charge on any atom is 0.259 e. The first kappa shape index (κ1) is 15.6. The quantitative estimate of drug-likeness (QED) is 0.719. The van der Waals surface area contributed by atoms with E-state index in [0.29, 0.717) is 5.92 Å². The molecule has 0 bridgehead atoms. The number of anilines is 1. The van der Waals surface area contributed by atoms with Crippen LogP contribution in [0, 0.1) is 0 Å². The number of rotatable bonds is 4. The Morgan fingerprint density at radius 3 is 2.92 bits per heavy atom. The zero-order valence-electron chi connectivity index (χ0n) is 15.0. The second-order valence-corrected chi connectivity index (χ2v) is 7.31. The molecule has 0 atom stereocenters. The predicted molar refractivity (Wildman–Crippen MR) is 102 cm³/mol. The number of para-hydroxylation sites is 1. The molecular weight excluding hydrogens is 324 g/mol. The molecule has 3 aromatic rings. The Bertz CT molecular complexity index is 1000. The molecule has 1 amide bonds. The number of hydrogen-bond donors (Lipinski definition) is 0. The van der Waals surface area contributed by atoms with E-state index < -0.39 is 0 Å². The van der Waals surface area contributed by atoms with Gasteiger partial charge in [0.2, 0.25) is 0 Å². The number of carbonyl (C=O) groups excluding carboxylic acids is 1. The van der Waals surface area contributed by atoms with Gasteiger partial charge in [-0.05, 0) is 43.4 Å². The number of amides is 1. The maximum atomic E-state index is 13.4. The summed E-state index contributed by atoms with van der Waals surface area (Å²) in [6, 6.07) is 10.2. The van der Waals surface area contributed by atoms with Gasteiger partial charge >= 0.3 is 0 Å². The molecule has 3 heterocycles. The van der Waals surface area contributed by atoms with Crippen molar-refractivity contribution in [2.75, 3.05) is 11.4 Å². The Kier molecular flexibility index (Phi) is 3.55. The van der Waals surface area contributed by atoms with E-state index in [1.54, 1.807) is 0 Å². The van der Waals surface area contributed by atoms with Crippen LogP contribution in [-0.4, -0.2) is 27.2 Å². The molecule has 1 aromatic carbocycles. The lowest BCUT2D eigenvalue weighted by atomic mass is 10.1. The van der Waals surface area contributed by atoms with Crippen molar-refractivity contribution in [1.82, 2.24) is 14.8 Å². The second-order valence-electron chi connectivity index (χ2n) is 7.31. The molecule has 5 nitrogen and oxygen atoms in total. The van der Waals surface area contributed by atoms with Crippen LogP contribution in [0.4, 0.5) is 5.69 Å². The van der Waals surface area contributed by atoms with Gasteiger partial charge in [0.25, 0.3) is 5.91 Å². The van der Waals surface area contributed by atoms with Gasteiger partial charge in [0.1, 0.15) is 0 Å². The Morgan fingerprint density at radius 2 is 2.12 bits per heavy atom. The largest absolute Gasteiger partial charge is 0.308 e. The Balaban J connectivity index is 1.63. The number of nitrogens with zero attached hydrogens (tertiary/aromatic N) is 4. The Labute approximate surface area is 152 Å². The summed E-state index contributed by atoms with van der Waals surface area (Å²) in [6.07, 6.45) is 6.06. The molecule has 0 radical (unpaired) electrons. The third-order valence-corrected chi connectivity index (χ3v) is 5.42. The van der Waals surface area contributed by atoms with Crippen LogP contribution < -0.4 is 4.90 Å². The Hall–Kier alpha value is -2.69. The summed E-state index contributed by atoms with van der Waals surface area (Å²) in [4.78, 5) is 20.2. The van der Waals surface area contributed by atoms with Gasteiger partial charge in [-0.15, -0.1) is 0 Å². The van der Waals surface area contributed by atoms with Gasteiger partial charge < -0.3 is 4.90 Å². The van der Waals surface area contributed by atoms with Crippen molar-refractivity contribution in [3.8, 4) is 0 Å². The van der Waals surface area contributed by atoms with Gasteiger partial charge in [0, 0.05) is 30.4 Å². The fourth-order valence-electron chi connectivity index (χ4n) is 3.90. The summed E-state index contributed by atoms with van der Waals surface area (Å²) in [7, 11) is 0. The van der Waals surface area contributed by atoms with Gasteiger partial charge in [0.05, 0.1) is 17.1 Å². The molecule has 0 unspecified atom stereocenters. The second kappa shape index (κ2) is 5.94. The number of benzene rings is 1. The summed E-state index contributed by atoms with van der Waals surface area (Å²) in [5.41, 5.74) is 4.93. The maximum absolute atomic E-state index is 13.4. The van der Waals surface area contributed by atoms with Gasteiger partial charge in [-0.2, -0.15) is 5.10 Å². The molecular formula is C21H22N4O. The van der Waals surface area contributed by atoms with E-state index in [-0.39, 0.29) is 5.91 Å². The topological polar surface area (TPSA) is 51.0 Å². The molecule has 1 aliphatic carbocycles. The fraction of sp³-hybridized carbons (Fsp3) is 0.381. The molecule has 0 saturated heterocycles. The van der Waals surface area contributed by atoms with Gasteiger partial charge in [-0.3, -0.25) is 4.79 Å². The van der Waals surface area contributed by atoms with Gasteiger partial charge in [-0.1, -0.05) is 25.1 Å². The van der Waals surface area contributed by atoms with Crippen molar-refractivity contribution >= 4 is 22.6 Å². The summed E-state index contributed by atoms with van der Waals surface area (Å²) in [5.74, 6) is 0.571. The van der Waals surface area contributed by atoms with Crippen LogP contribution >= 0.6 is 0 Å². The SMILES string of the molecule is CCCn1ncc2c(C(=O)N3CCc4ccccc43)cc(C3CC3)nc21. The molecule has 0 N–H and O–H groups in total. The van der Waals surface area contributed by atoms with Crippen molar-refractivity contribution in [2.24, 2.45) is 0 Å². The number of pyridine rings is 1. The lowest BCUT2D eigenvalue weighted by Gasteiger charge is -2.18. The highest BCUT2D eigenvalue weighted by Crippen LogP contribution is 2.40. The zero-order valence-corrected chi connectivity index (χ0v) is 15.0. The standard InChI is InChI=1S/C21H22N4O/c1-2-10-25-20-17(13-22-25)16(12-18(23-20)14-7-8-14)21(26)24-11-9-15-5-3-4-6-19(15)24/h3-6,12-14H,2,7-11H2,1H3. The lowest BCUT2D eigenvalue weighted by Crippen LogP contribution is -2.29. The summed E-state index contributed by atoms with van der Waals surface area (Å²) < 4.78 is 1.94. The van der Waals surface area contributed by atoms with Crippen LogP contribution in [0.2, 0.25) is 0 Å². The van der Waals surface area contributed by atoms with E-state index in [4.69, 9.17) is 4.98 Å². The summed E-state index contributed by atoms with van der Waals surface area (Å²) in [5, 5.41) is 5.38. The smallest absolute Gasteiger partial charge is 0.259 e. The number of aromatic nitrogens is 3. The molecule has 1 saturated carbocycles. The molecule has 2 aliphatic rings.